The molecular weight excluding hydrogens is 212 g/mol. The molecule has 1 aromatic rings. The SMILES string of the molecule is O=S(=O)(O)Cc1ccc2c(c1)CCCC2. The first-order chi connectivity index (χ1) is 7.04. The highest BCUT2D eigenvalue weighted by Crippen LogP contribution is 2.22. The van der Waals surface area contributed by atoms with Crippen LogP contribution >= 0.6 is 0 Å². The second-order valence-electron chi connectivity index (χ2n) is 4.04. The molecule has 0 atom stereocenters. The fourth-order valence-corrected chi connectivity index (χ4v) is 2.69. The summed E-state index contributed by atoms with van der Waals surface area (Å²) < 4.78 is 30.2. The van der Waals surface area contributed by atoms with E-state index in [9.17, 15) is 8.42 Å². The highest BCUT2D eigenvalue weighted by Gasteiger charge is 2.12. The fraction of sp³-hybridized carbons (Fsp3) is 0.455. The third-order valence-corrected chi connectivity index (χ3v) is 3.46. The van der Waals surface area contributed by atoms with Crippen LogP contribution in [0.5, 0.6) is 0 Å². The van der Waals surface area contributed by atoms with Gasteiger partial charge in [-0.15, -0.1) is 0 Å². The van der Waals surface area contributed by atoms with Crippen LogP contribution in [0.4, 0.5) is 0 Å². The quantitative estimate of drug-likeness (QED) is 0.784. The summed E-state index contributed by atoms with van der Waals surface area (Å²) in [5.41, 5.74) is 3.24. The van der Waals surface area contributed by atoms with Crippen molar-refractivity contribution in [1.82, 2.24) is 0 Å². The molecule has 4 heteroatoms. The summed E-state index contributed by atoms with van der Waals surface area (Å²) in [5.74, 6) is -0.278. The molecule has 0 fully saturated rings. The topological polar surface area (TPSA) is 54.4 Å². The molecule has 1 aliphatic rings. The van der Waals surface area contributed by atoms with Gasteiger partial charge in [0.2, 0.25) is 0 Å². The summed E-state index contributed by atoms with van der Waals surface area (Å²) >= 11 is 0. The molecule has 0 aliphatic heterocycles. The van der Waals surface area contributed by atoms with E-state index in [0.717, 1.165) is 12.8 Å². The van der Waals surface area contributed by atoms with Gasteiger partial charge in [-0.05, 0) is 42.4 Å². The minimum atomic E-state index is -3.90. The molecule has 1 N–H and O–H groups in total. The van der Waals surface area contributed by atoms with E-state index in [-0.39, 0.29) is 5.75 Å². The van der Waals surface area contributed by atoms with E-state index in [0.29, 0.717) is 5.56 Å². The van der Waals surface area contributed by atoms with E-state index >= 15 is 0 Å². The van der Waals surface area contributed by atoms with E-state index in [2.05, 4.69) is 0 Å². The van der Waals surface area contributed by atoms with Crippen LogP contribution in [0.25, 0.3) is 0 Å². The van der Waals surface area contributed by atoms with Crippen LogP contribution in [-0.2, 0) is 28.7 Å². The Bertz CT molecular complexity index is 463. The Morgan fingerprint density at radius 2 is 1.80 bits per heavy atom. The van der Waals surface area contributed by atoms with Crippen molar-refractivity contribution in [3.05, 3.63) is 34.9 Å². The van der Waals surface area contributed by atoms with Gasteiger partial charge in [-0.1, -0.05) is 18.2 Å². The molecule has 2 rings (SSSR count). The van der Waals surface area contributed by atoms with E-state index in [1.807, 2.05) is 12.1 Å². The lowest BCUT2D eigenvalue weighted by Gasteiger charge is -2.16. The van der Waals surface area contributed by atoms with Crippen LogP contribution in [0.1, 0.15) is 29.5 Å². The Morgan fingerprint density at radius 3 is 2.47 bits per heavy atom. The van der Waals surface area contributed by atoms with Crippen LogP contribution in [-0.4, -0.2) is 13.0 Å². The smallest absolute Gasteiger partial charge is 0.269 e. The molecule has 0 bridgehead atoms. The van der Waals surface area contributed by atoms with Gasteiger partial charge in [0, 0.05) is 0 Å². The summed E-state index contributed by atoms with van der Waals surface area (Å²) in [4.78, 5) is 0. The molecule has 1 aliphatic carbocycles. The van der Waals surface area contributed by atoms with Gasteiger partial charge in [0.05, 0.1) is 0 Å². The predicted molar refractivity (Wildman–Crippen MR) is 58.3 cm³/mol. The first-order valence-electron chi connectivity index (χ1n) is 5.10. The Hall–Kier alpha value is -0.870. The lowest BCUT2D eigenvalue weighted by Crippen LogP contribution is -2.06. The molecule has 0 spiro atoms. The zero-order chi connectivity index (χ0) is 10.9. The lowest BCUT2D eigenvalue weighted by atomic mass is 9.91. The van der Waals surface area contributed by atoms with E-state index < -0.39 is 10.1 Å². The minimum absolute atomic E-state index is 0.278. The maximum absolute atomic E-state index is 10.7. The molecule has 0 unspecified atom stereocenters. The Labute approximate surface area is 89.9 Å². The second kappa shape index (κ2) is 3.94. The van der Waals surface area contributed by atoms with Crippen molar-refractivity contribution in [2.75, 3.05) is 0 Å². The standard InChI is InChI=1S/C11H14O3S/c12-15(13,14)8-9-5-6-10-3-1-2-4-11(10)7-9/h5-7H,1-4,8H2,(H,12,13,14). The van der Waals surface area contributed by atoms with Gasteiger partial charge in [0.1, 0.15) is 5.75 Å². The number of hydrogen-bond donors (Lipinski definition) is 1. The summed E-state index contributed by atoms with van der Waals surface area (Å²) in [6.45, 7) is 0. The molecule has 3 nitrogen and oxygen atoms in total. The van der Waals surface area contributed by atoms with Crippen molar-refractivity contribution < 1.29 is 13.0 Å². The molecule has 1 aromatic carbocycles. The van der Waals surface area contributed by atoms with Gasteiger partial charge in [0.25, 0.3) is 10.1 Å². The second-order valence-corrected chi connectivity index (χ2v) is 5.49. The zero-order valence-corrected chi connectivity index (χ0v) is 9.26. The average molecular weight is 226 g/mol. The van der Waals surface area contributed by atoms with Crippen LogP contribution < -0.4 is 0 Å². The van der Waals surface area contributed by atoms with Crippen molar-refractivity contribution in [2.24, 2.45) is 0 Å². The summed E-state index contributed by atoms with van der Waals surface area (Å²) in [7, 11) is -3.90. The predicted octanol–water partition coefficient (Wildman–Crippen LogP) is 1.95. The van der Waals surface area contributed by atoms with Gasteiger partial charge < -0.3 is 0 Å². The molecular formula is C11H14O3S. The van der Waals surface area contributed by atoms with E-state index in [1.54, 1.807) is 6.07 Å². The van der Waals surface area contributed by atoms with Gasteiger partial charge in [0.15, 0.2) is 0 Å². The first kappa shape index (κ1) is 10.6. The van der Waals surface area contributed by atoms with Crippen molar-refractivity contribution in [3.63, 3.8) is 0 Å². The molecule has 0 aromatic heterocycles. The van der Waals surface area contributed by atoms with Crippen LogP contribution in [0.2, 0.25) is 0 Å². The molecule has 0 heterocycles. The lowest BCUT2D eigenvalue weighted by molar-refractivity contribution is 0.482. The number of benzene rings is 1. The van der Waals surface area contributed by atoms with Gasteiger partial charge >= 0.3 is 0 Å². The van der Waals surface area contributed by atoms with Crippen molar-refractivity contribution >= 4 is 10.1 Å². The van der Waals surface area contributed by atoms with Gasteiger partial charge in [-0.3, -0.25) is 4.55 Å². The number of hydrogen-bond acceptors (Lipinski definition) is 2. The normalized spacial score (nSPS) is 16.1. The van der Waals surface area contributed by atoms with Gasteiger partial charge in [-0.2, -0.15) is 8.42 Å². The monoisotopic (exact) mass is 226 g/mol. The zero-order valence-electron chi connectivity index (χ0n) is 8.44. The van der Waals surface area contributed by atoms with Crippen LogP contribution in [0.15, 0.2) is 18.2 Å². The summed E-state index contributed by atoms with van der Waals surface area (Å²) in [6.07, 6.45) is 4.49. The highest BCUT2D eigenvalue weighted by atomic mass is 32.2. The van der Waals surface area contributed by atoms with Gasteiger partial charge in [-0.25, -0.2) is 0 Å². The molecule has 0 saturated heterocycles. The molecule has 15 heavy (non-hydrogen) atoms. The number of rotatable bonds is 2. The molecule has 0 amide bonds. The maximum atomic E-state index is 10.7. The van der Waals surface area contributed by atoms with E-state index in [1.165, 1.54) is 24.0 Å². The highest BCUT2D eigenvalue weighted by molar-refractivity contribution is 7.85. The third kappa shape index (κ3) is 2.79. The Kier molecular flexibility index (Phi) is 2.80. The molecule has 82 valence electrons. The first-order valence-corrected chi connectivity index (χ1v) is 6.71. The van der Waals surface area contributed by atoms with E-state index in [4.69, 9.17) is 4.55 Å². The Balaban J connectivity index is 2.28. The summed E-state index contributed by atoms with van der Waals surface area (Å²) in [5, 5.41) is 0. The van der Waals surface area contributed by atoms with Crippen LogP contribution in [0, 0.1) is 0 Å². The molecule has 0 radical (unpaired) electrons. The minimum Gasteiger partial charge on any atom is -0.285 e. The average Bonchev–Trinajstić information content (AvgIpc) is 2.15. The number of fused-ring (bicyclic) bond motifs is 1. The number of aryl methyl sites for hydroxylation is 2. The third-order valence-electron chi connectivity index (χ3n) is 2.76. The van der Waals surface area contributed by atoms with Crippen LogP contribution in [0.3, 0.4) is 0 Å². The largest absolute Gasteiger partial charge is 0.285 e. The fourth-order valence-electron chi connectivity index (χ4n) is 2.09. The Morgan fingerprint density at radius 1 is 1.13 bits per heavy atom. The molecule has 0 saturated carbocycles. The van der Waals surface area contributed by atoms with Crippen molar-refractivity contribution in [2.45, 2.75) is 31.4 Å². The maximum Gasteiger partial charge on any atom is 0.269 e. The van der Waals surface area contributed by atoms with Crippen molar-refractivity contribution in [3.8, 4) is 0 Å². The summed E-state index contributed by atoms with van der Waals surface area (Å²) in [6, 6.07) is 5.68. The van der Waals surface area contributed by atoms with Crippen molar-refractivity contribution in [1.29, 1.82) is 0 Å².